The van der Waals surface area contributed by atoms with Crippen molar-refractivity contribution >= 4 is 33.2 Å². The maximum atomic E-state index is 12.4. The van der Waals surface area contributed by atoms with E-state index in [0.29, 0.717) is 29.2 Å². The molecule has 7 heteroatoms. The Balaban J connectivity index is 1.71. The SMILES string of the molecule is CC(NC(=O)c1ccc(N2CCCS2(=O)=O)cc1)c1cccc(Cl)c1. The molecule has 25 heavy (non-hydrogen) atoms. The van der Waals surface area contributed by atoms with Crippen molar-refractivity contribution in [3.63, 3.8) is 0 Å². The van der Waals surface area contributed by atoms with Gasteiger partial charge in [0.15, 0.2) is 0 Å². The predicted octanol–water partition coefficient (Wildman–Crippen LogP) is 3.37. The second-order valence-electron chi connectivity index (χ2n) is 6.04. The van der Waals surface area contributed by atoms with Gasteiger partial charge in [0, 0.05) is 17.1 Å². The van der Waals surface area contributed by atoms with Crippen molar-refractivity contribution in [1.29, 1.82) is 0 Å². The van der Waals surface area contributed by atoms with E-state index in [1.807, 2.05) is 25.1 Å². The van der Waals surface area contributed by atoms with Crippen LogP contribution in [0.5, 0.6) is 0 Å². The van der Waals surface area contributed by atoms with Gasteiger partial charge in [0.05, 0.1) is 17.5 Å². The van der Waals surface area contributed by atoms with Crippen molar-refractivity contribution in [2.24, 2.45) is 0 Å². The predicted molar refractivity (Wildman–Crippen MR) is 99.5 cm³/mol. The molecule has 1 atom stereocenters. The Morgan fingerprint density at radius 3 is 2.52 bits per heavy atom. The molecule has 0 bridgehead atoms. The molecule has 5 nitrogen and oxygen atoms in total. The molecular weight excluding hydrogens is 360 g/mol. The Bertz CT molecular complexity index is 881. The van der Waals surface area contributed by atoms with Crippen LogP contribution in [-0.4, -0.2) is 26.6 Å². The third kappa shape index (κ3) is 3.96. The van der Waals surface area contributed by atoms with E-state index in [0.717, 1.165) is 5.56 Å². The molecule has 1 saturated heterocycles. The van der Waals surface area contributed by atoms with Gasteiger partial charge < -0.3 is 5.32 Å². The highest BCUT2D eigenvalue weighted by Crippen LogP contribution is 2.24. The molecule has 0 aromatic heterocycles. The van der Waals surface area contributed by atoms with Crippen molar-refractivity contribution < 1.29 is 13.2 Å². The summed E-state index contributed by atoms with van der Waals surface area (Å²) in [6.45, 7) is 2.37. The molecule has 1 amide bonds. The second kappa shape index (κ2) is 7.06. The van der Waals surface area contributed by atoms with Gasteiger partial charge in [-0.1, -0.05) is 23.7 Å². The molecular formula is C18H19ClN2O3S. The van der Waals surface area contributed by atoms with Gasteiger partial charge in [-0.2, -0.15) is 0 Å². The van der Waals surface area contributed by atoms with Crippen molar-refractivity contribution in [2.75, 3.05) is 16.6 Å². The zero-order chi connectivity index (χ0) is 18.0. The highest BCUT2D eigenvalue weighted by molar-refractivity contribution is 7.93. The molecule has 2 aromatic rings. The summed E-state index contributed by atoms with van der Waals surface area (Å²) in [6, 6.07) is 13.8. The third-order valence-corrected chi connectivity index (χ3v) is 6.32. The summed E-state index contributed by atoms with van der Waals surface area (Å²) in [5.74, 6) is -0.0462. The van der Waals surface area contributed by atoms with Gasteiger partial charge in [0.1, 0.15) is 0 Å². The molecule has 1 heterocycles. The van der Waals surface area contributed by atoms with Crippen LogP contribution in [-0.2, 0) is 10.0 Å². The van der Waals surface area contributed by atoms with E-state index >= 15 is 0 Å². The Kier molecular flexibility index (Phi) is 5.01. The number of hydrogen-bond acceptors (Lipinski definition) is 3. The van der Waals surface area contributed by atoms with Crippen molar-refractivity contribution in [2.45, 2.75) is 19.4 Å². The van der Waals surface area contributed by atoms with Gasteiger partial charge in [-0.25, -0.2) is 8.42 Å². The Morgan fingerprint density at radius 1 is 1.20 bits per heavy atom. The first-order chi connectivity index (χ1) is 11.9. The molecule has 0 radical (unpaired) electrons. The van der Waals surface area contributed by atoms with Gasteiger partial charge in [-0.05, 0) is 55.3 Å². The lowest BCUT2D eigenvalue weighted by molar-refractivity contribution is 0.0940. The van der Waals surface area contributed by atoms with E-state index in [4.69, 9.17) is 11.6 Å². The molecule has 1 aliphatic rings. The van der Waals surface area contributed by atoms with Crippen LogP contribution in [0.3, 0.4) is 0 Å². The summed E-state index contributed by atoms with van der Waals surface area (Å²) < 4.78 is 25.3. The fourth-order valence-corrected chi connectivity index (χ4v) is 4.61. The van der Waals surface area contributed by atoms with E-state index < -0.39 is 10.0 Å². The fraction of sp³-hybridized carbons (Fsp3) is 0.278. The third-order valence-electron chi connectivity index (χ3n) is 4.21. The minimum Gasteiger partial charge on any atom is -0.346 e. The van der Waals surface area contributed by atoms with Gasteiger partial charge in [-0.3, -0.25) is 9.10 Å². The van der Waals surface area contributed by atoms with Crippen LogP contribution in [0.1, 0.15) is 35.3 Å². The number of benzene rings is 2. The summed E-state index contributed by atoms with van der Waals surface area (Å²) >= 11 is 5.98. The number of amides is 1. The molecule has 0 saturated carbocycles. The van der Waals surface area contributed by atoms with Crippen molar-refractivity contribution in [3.8, 4) is 0 Å². The van der Waals surface area contributed by atoms with Crippen LogP contribution in [0, 0.1) is 0 Å². The van der Waals surface area contributed by atoms with E-state index in [1.165, 1.54) is 4.31 Å². The maximum Gasteiger partial charge on any atom is 0.251 e. The van der Waals surface area contributed by atoms with Crippen LogP contribution < -0.4 is 9.62 Å². The standard InChI is InChI=1S/C18H19ClN2O3S/c1-13(15-4-2-5-16(19)12-15)20-18(22)14-6-8-17(9-7-14)21-10-3-11-25(21,23)24/h2,4-9,12-13H,3,10-11H2,1H3,(H,20,22). The molecule has 2 aromatic carbocycles. The average Bonchev–Trinajstić information content (AvgIpc) is 2.94. The molecule has 0 aliphatic carbocycles. The van der Waals surface area contributed by atoms with Gasteiger partial charge in [0.2, 0.25) is 10.0 Å². The first kappa shape index (κ1) is 17.8. The minimum absolute atomic E-state index is 0.173. The summed E-state index contributed by atoms with van der Waals surface area (Å²) in [6.07, 6.45) is 0.627. The lowest BCUT2D eigenvalue weighted by Crippen LogP contribution is -2.27. The number of nitrogens with one attached hydrogen (secondary N) is 1. The number of rotatable bonds is 4. The molecule has 1 aliphatic heterocycles. The van der Waals surface area contributed by atoms with Crippen LogP contribution >= 0.6 is 11.6 Å². The number of halogens is 1. The monoisotopic (exact) mass is 378 g/mol. The first-order valence-electron chi connectivity index (χ1n) is 8.03. The van der Waals surface area contributed by atoms with Crippen LogP contribution in [0.15, 0.2) is 48.5 Å². The van der Waals surface area contributed by atoms with E-state index in [9.17, 15) is 13.2 Å². The zero-order valence-electron chi connectivity index (χ0n) is 13.8. The lowest BCUT2D eigenvalue weighted by Gasteiger charge is -2.18. The van der Waals surface area contributed by atoms with Crippen molar-refractivity contribution in [1.82, 2.24) is 5.32 Å². The number of carbonyl (C=O) groups excluding carboxylic acids is 1. The molecule has 132 valence electrons. The normalized spacial score (nSPS) is 17.3. The Hall–Kier alpha value is -2.05. The smallest absolute Gasteiger partial charge is 0.251 e. The van der Waals surface area contributed by atoms with Crippen LogP contribution in [0.4, 0.5) is 5.69 Å². The summed E-state index contributed by atoms with van der Waals surface area (Å²) in [5.41, 5.74) is 1.99. The van der Waals surface area contributed by atoms with Crippen LogP contribution in [0.2, 0.25) is 5.02 Å². The first-order valence-corrected chi connectivity index (χ1v) is 10.0. The molecule has 3 rings (SSSR count). The number of hydrogen-bond donors (Lipinski definition) is 1. The van der Waals surface area contributed by atoms with E-state index in [-0.39, 0.29) is 17.7 Å². The zero-order valence-corrected chi connectivity index (χ0v) is 15.3. The van der Waals surface area contributed by atoms with Crippen LogP contribution in [0.25, 0.3) is 0 Å². The Labute approximate surface area is 152 Å². The highest BCUT2D eigenvalue weighted by Gasteiger charge is 2.28. The number of nitrogens with zero attached hydrogens (tertiary/aromatic N) is 1. The Morgan fingerprint density at radius 2 is 1.92 bits per heavy atom. The second-order valence-corrected chi connectivity index (χ2v) is 8.49. The average molecular weight is 379 g/mol. The number of carbonyl (C=O) groups is 1. The number of anilines is 1. The van der Waals surface area contributed by atoms with E-state index in [1.54, 1.807) is 30.3 Å². The summed E-state index contributed by atoms with van der Waals surface area (Å²) in [4.78, 5) is 12.4. The fourth-order valence-electron chi connectivity index (χ4n) is 2.85. The molecule has 1 N–H and O–H groups in total. The van der Waals surface area contributed by atoms with Gasteiger partial charge in [-0.15, -0.1) is 0 Å². The van der Waals surface area contributed by atoms with E-state index in [2.05, 4.69) is 5.32 Å². The van der Waals surface area contributed by atoms with Gasteiger partial charge >= 0.3 is 0 Å². The molecule has 0 spiro atoms. The summed E-state index contributed by atoms with van der Waals surface area (Å²) in [7, 11) is -3.21. The topological polar surface area (TPSA) is 66.5 Å². The largest absolute Gasteiger partial charge is 0.346 e. The lowest BCUT2D eigenvalue weighted by atomic mass is 10.1. The molecule has 1 unspecified atom stereocenters. The quantitative estimate of drug-likeness (QED) is 0.886. The van der Waals surface area contributed by atoms with Crippen molar-refractivity contribution in [3.05, 3.63) is 64.7 Å². The maximum absolute atomic E-state index is 12.4. The van der Waals surface area contributed by atoms with Gasteiger partial charge in [0.25, 0.3) is 5.91 Å². The molecule has 1 fully saturated rings. The minimum atomic E-state index is -3.21. The highest BCUT2D eigenvalue weighted by atomic mass is 35.5. The summed E-state index contributed by atoms with van der Waals surface area (Å²) in [5, 5.41) is 3.54. The number of sulfonamides is 1.